The molecule has 0 aromatic carbocycles. The van der Waals surface area contributed by atoms with Gasteiger partial charge < -0.3 is 30.3 Å². The molecule has 1 atom stereocenters. The van der Waals surface area contributed by atoms with Crippen LogP contribution in [0.1, 0.15) is 75.8 Å². The van der Waals surface area contributed by atoms with Crippen molar-refractivity contribution >= 4 is 17.3 Å². The fraction of sp³-hybridized carbons (Fsp3) is 0.676. The number of aryl methyl sites for hydroxylation is 1. The Bertz CT molecular complexity index is 1300. The molecule has 10 nitrogen and oxygen atoms in total. The first-order valence-electron chi connectivity index (χ1n) is 17.2. The van der Waals surface area contributed by atoms with Gasteiger partial charge in [0.05, 0.1) is 12.8 Å². The van der Waals surface area contributed by atoms with Crippen LogP contribution in [-0.4, -0.2) is 88.1 Å². The first-order chi connectivity index (χ1) is 21.7. The molecule has 0 aliphatic carbocycles. The minimum Gasteiger partial charge on any atom is -0.478 e. The highest BCUT2D eigenvalue weighted by atomic mass is 16.5. The molecule has 10 heteroatoms. The fourth-order valence-corrected chi connectivity index (χ4v) is 7.28. The fourth-order valence-electron chi connectivity index (χ4n) is 7.28. The Hall–Kier alpha value is -2.95. The number of aromatic nitrogens is 4. The third-order valence-electron chi connectivity index (χ3n) is 10.0. The van der Waals surface area contributed by atoms with Crippen LogP contribution < -0.4 is 20.3 Å². The lowest BCUT2D eigenvalue weighted by atomic mass is 9.92. The summed E-state index contributed by atoms with van der Waals surface area (Å²) in [4.78, 5) is 14.7. The lowest BCUT2D eigenvalue weighted by molar-refractivity contribution is 0.135. The van der Waals surface area contributed by atoms with Crippen LogP contribution in [0.25, 0.3) is 5.65 Å². The van der Waals surface area contributed by atoms with Gasteiger partial charge in [-0.3, -0.25) is 0 Å². The Labute approximate surface area is 262 Å². The van der Waals surface area contributed by atoms with Gasteiger partial charge >= 0.3 is 0 Å². The number of likely N-dealkylation sites (tertiary alicyclic amines) is 1. The van der Waals surface area contributed by atoms with Gasteiger partial charge in [-0.05, 0) is 108 Å². The molecule has 3 fully saturated rings. The normalized spacial score (nSPS) is 20.8. The molecular weight excluding hydrogens is 552 g/mol. The zero-order valence-electron chi connectivity index (χ0n) is 26.6. The van der Waals surface area contributed by atoms with Crippen molar-refractivity contribution in [3.8, 4) is 5.88 Å². The second-order valence-corrected chi connectivity index (χ2v) is 13.0. The molecule has 3 aliphatic heterocycles. The maximum Gasteiger partial charge on any atom is 0.213 e. The number of anilines is 2. The third kappa shape index (κ3) is 7.82. The molecule has 1 unspecified atom stereocenters. The number of pyridine rings is 1. The number of rotatable bonds is 13. The van der Waals surface area contributed by atoms with E-state index in [-0.39, 0.29) is 6.61 Å². The molecule has 3 aromatic rings. The minimum atomic E-state index is 0.201. The summed E-state index contributed by atoms with van der Waals surface area (Å²) < 4.78 is 7.98. The topological polar surface area (TPSA) is 103 Å². The van der Waals surface area contributed by atoms with E-state index in [1.54, 1.807) is 0 Å². The van der Waals surface area contributed by atoms with Crippen LogP contribution in [0, 0.1) is 11.8 Å². The van der Waals surface area contributed by atoms with E-state index in [0.717, 1.165) is 85.5 Å². The van der Waals surface area contributed by atoms with Crippen molar-refractivity contribution in [1.82, 2.24) is 29.8 Å². The van der Waals surface area contributed by atoms with Crippen molar-refractivity contribution in [2.24, 2.45) is 11.8 Å². The average Bonchev–Trinajstić information content (AvgIpc) is 3.49. The predicted octanol–water partition coefficient (Wildman–Crippen LogP) is 4.52. The second-order valence-electron chi connectivity index (χ2n) is 13.0. The number of nitrogens with zero attached hydrogens (tertiary/aromatic N) is 6. The molecule has 6 rings (SSSR count). The zero-order valence-corrected chi connectivity index (χ0v) is 26.6. The third-order valence-corrected chi connectivity index (χ3v) is 10.0. The summed E-state index contributed by atoms with van der Waals surface area (Å²) in [5.41, 5.74) is 3.12. The number of aliphatic hydroxyl groups excluding tert-OH is 1. The minimum absolute atomic E-state index is 0.201. The quantitative estimate of drug-likeness (QED) is 0.260. The molecule has 3 N–H and O–H groups in total. The summed E-state index contributed by atoms with van der Waals surface area (Å²) in [6.07, 6.45) is 15.3. The van der Waals surface area contributed by atoms with E-state index in [0.29, 0.717) is 18.5 Å². The maximum atomic E-state index is 9.66. The molecule has 0 radical (unpaired) electrons. The molecule has 0 spiro atoms. The van der Waals surface area contributed by atoms with Gasteiger partial charge in [0.1, 0.15) is 11.6 Å². The van der Waals surface area contributed by atoms with E-state index in [2.05, 4.69) is 49.6 Å². The van der Waals surface area contributed by atoms with E-state index < -0.39 is 0 Å². The van der Waals surface area contributed by atoms with E-state index in [1.807, 2.05) is 23.0 Å². The summed E-state index contributed by atoms with van der Waals surface area (Å²) in [5, 5.41) is 21.4. The average molecular weight is 605 g/mol. The molecule has 6 heterocycles. The number of aliphatic hydroxyl groups is 1. The molecule has 0 saturated carbocycles. The van der Waals surface area contributed by atoms with Gasteiger partial charge in [-0.25, -0.2) is 9.97 Å². The van der Waals surface area contributed by atoms with E-state index >= 15 is 0 Å². The van der Waals surface area contributed by atoms with Crippen molar-refractivity contribution < 1.29 is 9.84 Å². The standard InChI is InChI=1S/C34H52N8O2/c1-2-29-24-38-42-31(21-32(39-34(29)42)41-16-4-3-5-30(41)12-19-43)36-22-28-6-7-33(37-23-28)44-20-13-26-10-17-40(18-11-26)25-27-8-14-35-15-9-27/h6-7,21,23-24,26-27,30,35-36,43H,2-5,8-20,22,25H2,1H3. The highest BCUT2D eigenvalue weighted by molar-refractivity contribution is 5.61. The van der Waals surface area contributed by atoms with Crippen LogP contribution in [0.3, 0.4) is 0 Å². The van der Waals surface area contributed by atoms with Crippen molar-refractivity contribution in [3.05, 3.63) is 41.7 Å². The van der Waals surface area contributed by atoms with Gasteiger partial charge in [-0.15, -0.1) is 0 Å². The van der Waals surface area contributed by atoms with E-state index in [1.165, 1.54) is 64.8 Å². The summed E-state index contributed by atoms with van der Waals surface area (Å²) in [7, 11) is 0. The monoisotopic (exact) mass is 604 g/mol. The van der Waals surface area contributed by atoms with Gasteiger partial charge in [0, 0.05) is 56.2 Å². The molecule has 44 heavy (non-hydrogen) atoms. The Morgan fingerprint density at radius 3 is 2.64 bits per heavy atom. The lowest BCUT2D eigenvalue weighted by Crippen LogP contribution is -2.40. The van der Waals surface area contributed by atoms with Gasteiger partial charge in [0.25, 0.3) is 0 Å². The number of fused-ring (bicyclic) bond motifs is 1. The van der Waals surface area contributed by atoms with Crippen LogP contribution in [0.5, 0.6) is 5.88 Å². The molecule has 3 aromatic heterocycles. The number of hydrogen-bond acceptors (Lipinski definition) is 9. The summed E-state index contributed by atoms with van der Waals surface area (Å²) >= 11 is 0. The molecule has 0 bridgehead atoms. The number of nitrogens with one attached hydrogen (secondary N) is 2. The predicted molar refractivity (Wildman–Crippen MR) is 175 cm³/mol. The summed E-state index contributed by atoms with van der Waals surface area (Å²) in [6, 6.07) is 6.51. The van der Waals surface area contributed by atoms with Crippen LogP contribution in [0.15, 0.2) is 30.6 Å². The van der Waals surface area contributed by atoms with Crippen molar-refractivity contribution in [3.63, 3.8) is 0 Å². The van der Waals surface area contributed by atoms with Gasteiger partial charge in [0.2, 0.25) is 5.88 Å². The van der Waals surface area contributed by atoms with E-state index in [4.69, 9.17) is 9.72 Å². The molecule has 3 saturated heterocycles. The summed E-state index contributed by atoms with van der Waals surface area (Å²) in [5.74, 6) is 4.21. The van der Waals surface area contributed by atoms with Crippen molar-refractivity contribution in [1.29, 1.82) is 0 Å². The Kier molecular flexibility index (Phi) is 10.8. The van der Waals surface area contributed by atoms with Gasteiger partial charge in [0.15, 0.2) is 5.65 Å². The van der Waals surface area contributed by atoms with Crippen LogP contribution in [0.2, 0.25) is 0 Å². The highest BCUT2D eigenvalue weighted by Gasteiger charge is 2.25. The first kappa shape index (κ1) is 31.0. The number of ether oxygens (including phenoxy) is 1. The number of hydrogen-bond donors (Lipinski definition) is 3. The maximum absolute atomic E-state index is 9.66. The molecular formula is C34H52N8O2. The summed E-state index contributed by atoms with van der Waals surface area (Å²) in [6.45, 7) is 10.8. The van der Waals surface area contributed by atoms with Crippen LogP contribution in [0.4, 0.5) is 11.6 Å². The second kappa shape index (κ2) is 15.4. The van der Waals surface area contributed by atoms with Crippen LogP contribution in [-0.2, 0) is 13.0 Å². The Balaban J connectivity index is 1.00. The number of piperidine rings is 3. The molecule has 240 valence electrons. The van der Waals surface area contributed by atoms with Gasteiger partial charge in [-0.1, -0.05) is 13.0 Å². The molecule has 3 aliphatic rings. The van der Waals surface area contributed by atoms with Gasteiger partial charge in [-0.2, -0.15) is 9.61 Å². The van der Waals surface area contributed by atoms with E-state index in [9.17, 15) is 5.11 Å². The largest absolute Gasteiger partial charge is 0.478 e. The lowest BCUT2D eigenvalue weighted by Gasteiger charge is -2.36. The first-order valence-corrected chi connectivity index (χ1v) is 17.2. The van der Waals surface area contributed by atoms with Crippen molar-refractivity contribution in [2.75, 3.05) is 62.7 Å². The molecule has 0 amide bonds. The Morgan fingerprint density at radius 2 is 1.86 bits per heavy atom. The van der Waals surface area contributed by atoms with Crippen molar-refractivity contribution in [2.45, 2.75) is 83.7 Å². The smallest absolute Gasteiger partial charge is 0.213 e. The van der Waals surface area contributed by atoms with Crippen LogP contribution >= 0.6 is 0 Å². The zero-order chi connectivity index (χ0) is 30.1. The SMILES string of the molecule is CCc1cnn2c(NCc3ccc(OCCC4CCN(CC5CCNCC5)CC4)nc3)cc(N3CCCCC3CCO)nc12. The Morgan fingerprint density at radius 1 is 1.00 bits per heavy atom. The highest BCUT2D eigenvalue weighted by Crippen LogP contribution is 2.29.